The van der Waals surface area contributed by atoms with Crippen molar-refractivity contribution < 1.29 is 149 Å². The summed E-state index contributed by atoms with van der Waals surface area (Å²) in [5.41, 5.74) is 10.8. The topological polar surface area (TPSA) is 525 Å². The molecule has 4 aromatic carbocycles. The molecule has 3 aliphatic carbocycles. The first-order valence-electron chi connectivity index (χ1n) is 47.0. The first kappa shape index (κ1) is 114. The van der Waals surface area contributed by atoms with E-state index in [-0.39, 0.29) is 122 Å². The average molecular weight is 2170 g/mol. The zero-order valence-corrected chi connectivity index (χ0v) is 87.0. The number of fused-ring (bicyclic) bond motifs is 5. The highest BCUT2D eigenvalue weighted by Crippen LogP contribution is 2.51. The minimum absolute atomic E-state index is 0.00170. The number of primary amides is 1. The van der Waals surface area contributed by atoms with Gasteiger partial charge in [0.1, 0.15) is 61.9 Å². The van der Waals surface area contributed by atoms with Gasteiger partial charge in [-0.1, -0.05) is 138 Å². The number of ketones is 1. The third-order valence-corrected chi connectivity index (χ3v) is 31.0. The lowest BCUT2D eigenvalue weighted by Crippen LogP contribution is -2.65. The van der Waals surface area contributed by atoms with Crippen LogP contribution in [0.5, 0.6) is 17.2 Å². The minimum Gasteiger partial charge on any atom is -0.492 e. The smallest absolute Gasteiger partial charge is 0.411 e. The molecule has 4 aliphatic heterocycles. The van der Waals surface area contributed by atoms with E-state index in [1.54, 1.807) is 85.9 Å². The van der Waals surface area contributed by atoms with Crippen LogP contribution in [0.3, 0.4) is 0 Å². The number of rotatable bonds is 45. The SMILES string of the molecule is CCN(C(=O)OCc1ccc(NC(=O)[C@H](CCCNC(N)=O)NC(=O)[C@@H](NC(=O)OCC2c3ccccc3-c3ccccc32)C(C)C)cc1)[C@H]1CO[C@@H](OC2[C@H](O[C@H]3C#C/C=C\C#CC4(O)CC(=O)C(NC(=O)OC)=C3/C4=C\CSSC(C)(C)CCC(=O)NCCOCCOC)OC(C)[C@@H](NO[C@H]3C[C@@H](O)[C@H](SC(=O)c4c(C)c(I)c(O[C@@H]5OC(C)[C@H](O)[C@H](OC)C5O)c(OC)c4OC)C(C)O3)[C@H]2O)C[C@H]1OC. The predicted molar refractivity (Wildman–Crippen MR) is 535 cm³/mol. The summed E-state index contributed by atoms with van der Waals surface area (Å²) in [6, 6.07) is 16.9. The number of nitrogens with zero attached hydrogens (tertiary/aromatic N) is 1. The van der Waals surface area contributed by atoms with Crippen LogP contribution in [0.2, 0.25) is 0 Å². The number of ether oxygens (including phenoxy) is 16. The largest absolute Gasteiger partial charge is 0.492 e. The van der Waals surface area contributed by atoms with Crippen LogP contribution in [0.1, 0.15) is 139 Å². The summed E-state index contributed by atoms with van der Waals surface area (Å²) in [5, 5.41) is 74.6. The average Bonchev–Trinajstić information content (AvgIpc) is 1.41. The molecular formula is C99H130IN9O31S3. The maximum atomic E-state index is 14.8. The minimum atomic E-state index is -2.26. The normalized spacial score (nSPS) is 26.6. The first-order chi connectivity index (χ1) is 68.4. The van der Waals surface area contributed by atoms with Crippen molar-refractivity contribution in [2.45, 2.75) is 252 Å². The number of urea groups is 1. The molecule has 4 saturated heterocycles. The number of carbonyl (C=O) groups excluding carboxylic acids is 9. The molecule has 143 heavy (non-hydrogen) atoms. The van der Waals surface area contributed by atoms with Crippen molar-refractivity contribution in [3.63, 3.8) is 0 Å². The second-order valence-corrected chi connectivity index (χ2v) is 41.0. The third-order valence-electron chi connectivity index (χ3n) is 25.1. The molecule has 4 aromatic rings. The number of hydroxylamine groups is 1. The number of benzene rings is 4. The number of amides is 8. The van der Waals surface area contributed by atoms with E-state index in [0.29, 0.717) is 53.2 Å². The van der Waals surface area contributed by atoms with E-state index < -0.39 is 191 Å². The van der Waals surface area contributed by atoms with Gasteiger partial charge in [0.2, 0.25) is 34.9 Å². The summed E-state index contributed by atoms with van der Waals surface area (Å²) in [7, 11) is 10.9. The number of likely N-dealkylation sites (N-methyl/N-ethyl adjacent to an activating group) is 1. The van der Waals surface area contributed by atoms with E-state index in [2.05, 4.69) is 61.1 Å². The number of aliphatic hydroxyl groups is 5. The molecule has 0 spiro atoms. The Morgan fingerprint density at radius 3 is 2.10 bits per heavy atom. The molecular weight excluding hydrogens is 2030 g/mol. The zero-order valence-electron chi connectivity index (χ0n) is 82.4. The Hall–Kier alpha value is -9.45. The zero-order chi connectivity index (χ0) is 104. The Kier molecular flexibility index (Phi) is 42.8. The van der Waals surface area contributed by atoms with Gasteiger partial charge in [0.05, 0.1) is 117 Å². The van der Waals surface area contributed by atoms with E-state index in [9.17, 15) is 68.7 Å². The van der Waals surface area contributed by atoms with Gasteiger partial charge in [-0.25, -0.2) is 19.2 Å². The molecule has 782 valence electrons. The number of hydrogen-bond acceptors (Lipinski definition) is 35. The van der Waals surface area contributed by atoms with Gasteiger partial charge in [0.25, 0.3) is 0 Å². The predicted octanol–water partition coefficient (Wildman–Crippen LogP) is 7.74. The number of methoxy groups -OCH3 is 6. The number of nitrogens with one attached hydrogen (secondary N) is 7. The molecule has 8 amide bonds. The van der Waals surface area contributed by atoms with Gasteiger partial charge in [-0.2, -0.15) is 5.48 Å². The molecule has 6 unspecified atom stereocenters. The Balaban J connectivity index is 0.791. The van der Waals surface area contributed by atoms with Crippen molar-refractivity contribution >= 4 is 115 Å². The van der Waals surface area contributed by atoms with Crippen molar-refractivity contribution in [1.29, 1.82) is 0 Å². The summed E-state index contributed by atoms with van der Waals surface area (Å²) < 4.78 is 95.9. The summed E-state index contributed by atoms with van der Waals surface area (Å²) in [5.74, 6) is 8.74. The van der Waals surface area contributed by atoms with Gasteiger partial charge in [0.15, 0.2) is 41.8 Å². The maximum Gasteiger partial charge on any atom is 0.411 e. The monoisotopic (exact) mass is 2160 g/mol. The molecule has 14 N–H and O–H groups in total. The summed E-state index contributed by atoms with van der Waals surface area (Å²) >= 11 is 2.75. The lowest BCUT2D eigenvalue weighted by molar-refractivity contribution is -0.337. The van der Waals surface area contributed by atoms with Gasteiger partial charge in [-0.15, -0.1) is 0 Å². The van der Waals surface area contributed by atoms with Crippen LogP contribution in [-0.2, 0) is 92.2 Å². The molecule has 21 atom stereocenters. The van der Waals surface area contributed by atoms with E-state index in [0.717, 1.165) is 41.1 Å². The van der Waals surface area contributed by atoms with Crippen LogP contribution < -0.4 is 57.3 Å². The highest BCUT2D eigenvalue weighted by Gasteiger charge is 2.54. The second kappa shape index (κ2) is 53.8. The van der Waals surface area contributed by atoms with E-state index in [1.165, 1.54) is 67.1 Å². The lowest BCUT2D eigenvalue weighted by Gasteiger charge is -2.47. The highest BCUT2D eigenvalue weighted by atomic mass is 127. The van der Waals surface area contributed by atoms with Crippen LogP contribution >= 0.6 is 55.9 Å². The molecule has 2 bridgehead atoms. The van der Waals surface area contributed by atoms with Crippen molar-refractivity contribution in [2.24, 2.45) is 11.7 Å². The first-order valence-corrected chi connectivity index (χ1v) is 51.3. The number of Topliss-reactive ketones (excluding diaryl/α,β-unsaturated/α-hetero) is 1. The second-order valence-electron chi connectivity index (χ2n) is 35.8. The highest BCUT2D eigenvalue weighted by molar-refractivity contribution is 14.1. The standard InChI is InChI=1S/C99H130IN9O31S3/c1-16-109(97(122)133-49-57-32-34-58(35-33-57)104-89(116)65(30-25-40-103-94(101)119)105-90(117)77(52(2)3)106-96(121)132-50-63-61-28-22-20-26-59(61)60-27-21-23-29-62(60)63)66-51-131-72(47-70(66)125-11)138-86-81(114)78(108-140-73-46-67(110)88(56(7)134-73)142-91(118)74-53(4)76(100)84(87(128-14)83(74)126-12)139-92-82(115)85(127-13)80(113)55(6)136-92)54(5)135-93(86)137-69-31-19-17-18-24-38-99(123)48-68(111)79(107-95(120)129-15)75(69)64(99)37-45-141-143-98(8,9)39-36-71(112)102-41-42-130-44-43-124-10/h17-18,20-23,26-29,32-35,37,52,54-56,63,65-67,69-70,72-73,77-78,80-82,85-86,88,92-93,108,110,113-115,123H,16,25,30,36,39-51H2,1-15H3,(H,102,112)(H,104,116)(H,105,117)(H,106,121)(H,107,120)(H3,101,103,119)/b18-17-,64-37+/t54?,55?,56?,65-,66-,67+,69-,70+,72-,73-,77-,78+,80-,81+,82?,85-,86?,88+,92-,93-,99?/m0/s1. The number of thioether (sulfide) groups is 1. The van der Waals surface area contributed by atoms with E-state index >= 15 is 0 Å². The number of nitrogens with two attached hydrogens (primary N) is 1. The van der Waals surface area contributed by atoms with Crippen molar-refractivity contribution in [3.8, 4) is 52.1 Å². The van der Waals surface area contributed by atoms with Crippen LogP contribution in [0.25, 0.3) is 11.1 Å². The Labute approximate surface area is 856 Å². The van der Waals surface area contributed by atoms with Crippen molar-refractivity contribution in [2.75, 3.05) is 106 Å². The third kappa shape index (κ3) is 29.5. The number of anilines is 1. The number of halogens is 1. The molecule has 4 fully saturated rings. The van der Waals surface area contributed by atoms with Gasteiger partial charge in [0, 0.05) is 93.5 Å². The molecule has 4 heterocycles. The molecule has 0 radical (unpaired) electrons. The fourth-order valence-electron chi connectivity index (χ4n) is 17.5. The van der Waals surface area contributed by atoms with Gasteiger partial charge < -0.3 is 139 Å². The van der Waals surface area contributed by atoms with Crippen LogP contribution in [0.4, 0.5) is 24.9 Å². The quantitative estimate of drug-likeness (QED) is 0.00502. The Morgan fingerprint density at radius 1 is 0.748 bits per heavy atom. The fraction of sp³-hybridized carbons (Fsp3) is 0.566. The Bertz CT molecular complexity index is 5270. The van der Waals surface area contributed by atoms with Gasteiger partial charge in [-0.05, 0) is 154 Å². The molecule has 7 aliphatic rings. The van der Waals surface area contributed by atoms with Crippen molar-refractivity contribution in [1.82, 2.24) is 37.0 Å². The molecule has 0 aromatic heterocycles. The van der Waals surface area contributed by atoms with Gasteiger partial charge >= 0.3 is 24.3 Å². The van der Waals surface area contributed by atoms with E-state index in [1.807, 2.05) is 85.0 Å². The molecule has 0 saturated carbocycles. The summed E-state index contributed by atoms with van der Waals surface area (Å²) in [6.45, 7) is 16.7. The number of allylic oxidation sites excluding steroid dienone is 3. The van der Waals surface area contributed by atoms with E-state index in [4.69, 9.17) is 86.4 Å². The molecule has 40 nitrogen and oxygen atoms in total. The van der Waals surface area contributed by atoms with Crippen LogP contribution in [-0.4, -0.2) is 317 Å². The van der Waals surface area contributed by atoms with Crippen LogP contribution in [0.15, 0.2) is 108 Å². The van der Waals surface area contributed by atoms with Crippen LogP contribution in [0, 0.1) is 40.1 Å². The lowest BCUT2D eigenvalue weighted by atomic mass is 9.75. The molecule has 11 rings (SSSR count). The summed E-state index contributed by atoms with van der Waals surface area (Å²) in [4.78, 5) is 132. The Morgan fingerprint density at radius 2 is 1.45 bits per heavy atom. The fourth-order valence-corrected chi connectivity index (χ4v) is 21.7. The van der Waals surface area contributed by atoms with Gasteiger partial charge in [-0.3, -0.25) is 34.1 Å². The maximum absolute atomic E-state index is 14.8. The number of carbonyl (C=O) groups is 9. The van der Waals surface area contributed by atoms with Crippen molar-refractivity contribution in [3.05, 3.63) is 139 Å². The number of alkyl carbamates (subject to hydrolysis) is 2. The molecule has 44 heteroatoms. The number of hydrogen-bond donors (Lipinski definition) is 13. The number of aliphatic hydroxyl groups excluding tert-OH is 4. The summed E-state index contributed by atoms with van der Waals surface area (Å²) in [6.07, 6.45) is -18.0.